The van der Waals surface area contributed by atoms with Crippen molar-refractivity contribution < 1.29 is 26.7 Å². The van der Waals surface area contributed by atoms with E-state index in [1.165, 1.54) is 24.5 Å². The topological polar surface area (TPSA) is 97.8 Å². The second-order valence-corrected chi connectivity index (χ2v) is 10.0. The van der Waals surface area contributed by atoms with Gasteiger partial charge in [-0.1, -0.05) is 0 Å². The zero-order valence-electron chi connectivity index (χ0n) is 19.2. The number of hydrogen-bond donors (Lipinski definition) is 0. The average Bonchev–Trinajstić information content (AvgIpc) is 2.85. The Morgan fingerprint density at radius 3 is 2.29 bits per heavy atom. The van der Waals surface area contributed by atoms with Gasteiger partial charge in [0.05, 0.1) is 25.7 Å². The van der Waals surface area contributed by atoms with Crippen LogP contribution in [0.1, 0.15) is 12.8 Å². The maximum absolute atomic E-state index is 12.6. The Labute approximate surface area is 202 Å². The van der Waals surface area contributed by atoms with Crippen molar-refractivity contribution in [3.05, 3.63) is 55.1 Å². The third-order valence-electron chi connectivity index (χ3n) is 5.74. The minimum Gasteiger partial charge on any atom is -0.494 e. The zero-order chi connectivity index (χ0) is 25.0. The number of methoxy groups -OCH3 is 1. The summed E-state index contributed by atoms with van der Waals surface area (Å²) in [7, 11) is -1.79. The Kier molecular flexibility index (Phi) is 7.29. The average molecular weight is 506 g/mol. The number of halogens is 2. The second kappa shape index (κ2) is 10.4. The van der Waals surface area contributed by atoms with Crippen molar-refractivity contribution in [1.82, 2.24) is 15.0 Å². The zero-order valence-corrected chi connectivity index (χ0v) is 20.0. The number of nitrogens with zero attached hydrogens (tertiary/aromatic N) is 5. The molecule has 1 saturated heterocycles. The Bertz CT molecular complexity index is 1240. The highest BCUT2D eigenvalue weighted by molar-refractivity contribution is 7.90. The molecule has 1 aliphatic rings. The lowest BCUT2D eigenvalue weighted by Crippen LogP contribution is -2.44. The van der Waals surface area contributed by atoms with Gasteiger partial charge in [0.15, 0.2) is 9.84 Å². The third-order valence-corrected chi connectivity index (χ3v) is 6.80. The number of aromatic nitrogens is 3. The van der Waals surface area contributed by atoms with Crippen LogP contribution in [0.2, 0.25) is 0 Å². The molecule has 12 heteroatoms. The summed E-state index contributed by atoms with van der Waals surface area (Å²) in [6.45, 7) is -1.63. The lowest BCUT2D eigenvalue weighted by atomic mass is 10.0. The molecule has 0 aliphatic carbocycles. The van der Waals surface area contributed by atoms with Crippen LogP contribution in [0.15, 0.2) is 60.0 Å². The standard InChI is InChI=1S/C23H25F2N5O4S/c1-33-21-7-10-26-15-20(21)30(16-3-5-18(6-4-16)34-22(24)25)17-8-11-29(12-9-17)23-27-13-19(14-28-23)35(2,31)32/h3-7,10,13-15,17,22H,8-9,11-12H2,1-2H3. The molecule has 3 heterocycles. The van der Waals surface area contributed by atoms with Crippen LogP contribution < -0.4 is 19.3 Å². The Morgan fingerprint density at radius 2 is 1.71 bits per heavy atom. The highest BCUT2D eigenvalue weighted by Gasteiger charge is 2.29. The fourth-order valence-corrected chi connectivity index (χ4v) is 4.54. The molecule has 3 aromatic rings. The van der Waals surface area contributed by atoms with E-state index in [1.807, 2.05) is 4.90 Å². The summed E-state index contributed by atoms with van der Waals surface area (Å²) in [6, 6.07) is 8.27. The van der Waals surface area contributed by atoms with Crippen molar-refractivity contribution in [3.8, 4) is 11.5 Å². The smallest absolute Gasteiger partial charge is 0.387 e. The van der Waals surface area contributed by atoms with Crippen molar-refractivity contribution in [2.45, 2.75) is 30.4 Å². The highest BCUT2D eigenvalue weighted by atomic mass is 32.2. The van der Waals surface area contributed by atoms with E-state index in [1.54, 1.807) is 37.7 Å². The number of anilines is 3. The number of alkyl halides is 2. The molecule has 1 fully saturated rings. The van der Waals surface area contributed by atoms with Gasteiger partial charge in [-0.3, -0.25) is 4.98 Å². The Balaban J connectivity index is 1.57. The van der Waals surface area contributed by atoms with Crippen LogP contribution in [0.5, 0.6) is 11.5 Å². The lowest BCUT2D eigenvalue weighted by molar-refractivity contribution is -0.0498. The maximum atomic E-state index is 12.6. The maximum Gasteiger partial charge on any atom is 0.387 e. The van der Waals surface area contributed by atoms with Gasteiger partial charge in [-0.15, -0.1) is 0 Å². The quantitative estimate of drug-likeness (QED) is 0.454. The van der Waals surface area contributed by atoms with Gasteiger partial charge >= 0.3 is 6.61 Å². The van der Waals surface area contributed by atoms with Gasteiger partial charge in [0.2, 0.25) is 5.95 Å². The van der Waals surface area contributed by atoms with E-state index < -0.39 is 16.4 Å². The first-order chi connectivity index (χ1) is 16.8. The van der Waals surface area contributed by atoms with Crippen molar-refractivity contribution in [3.63, 3.8) is 0 Å². The number of sulfone groups is 1. The molecule has 4 rings (SSSR count). The van der Waals surface area contributed by atoms with Gasteiger partial charge in [-0.05, 0) is 37.1 Å². The number of ether oxygens (including phenoxy) is 2. The number of hydrogen-bond acceptors (Lipinski definition) is 9. The van der Waals surface area contributed by atoms with E-state index in [9.17, 15) is 17.2 Å². The first kappa shape index (κ1) is 24.6. The van der Waals surface area contributed by atoms with Crippen molar-refractivity contribution in [2.24, 2.45) is 0 Å². The van der Waals surface area contributed by atoms with E-state index >= 15 is 0 Å². The number of benzene rings is 1. The normalized spacial score (nSPS) is 14.7. The van der Waals surface area contributed by atoms with Crippen LogP contribution in [0.4, 0.5) is 26.1 Å². The third kappa shape index (κ3) is 5.76. The van der Waals surface area contributed by atoms with Crippen LogP contribution in [0, 0.1) is 0 Å². The van der Waals surface area contributed by atoms with Gasteiger partial charge in [0.25, 0.3) is 0 Å². The summed E-state index contributed by atoms with van der Waals surface area (Å²) < 4.78 is 58.6. The van der Waals surface area contributed by atoms with E-state index in [0.717, 1.165) is 30.5 Å². The van der Waals surface area contributed by atoms with Gasteiger partial charge in [-0.2, -0.15) is 8.78 Å². The molecule has 0 N–H and O–H groups in total. The second-order valence-electron chi connectivity index (χ2n) is 8.00. The lowest BCUT2D eigenvalue weighted by Gasteiger charge is -2.40. The van der Waals surface area contributed by atoms with Gasteiger partial charge in [-0.25, -0.2) is 18.4 Å². The highest BCUT2D eigenvalue weighted by Crippen LogP contribution is 2.38. The SMILES string of the molecule is COc1ccncc1N(c1ccc(OC(F)F)cc1)C1CCN(c2ncc(S(C)(=O)=O)cn2)CC1. The molecule has 35 heavy (non-hydrogen) atoms. The van der Waals surface area contributed by atoms with Crippen LogP contribution in [-0.4, -0.2) is 62.5 Å². The van der Waals surface area contributed by atoms with Crippen molar-refractivity contribution in [2.75, 3.05) is 36.3 Å². The number of rotatable bonds is 8. The Morgan fingerprint density at radius 1 is 1.06 bits per heavy atom. The molecular formula is C23H25F2N5O4S. The van der Waals surface area contributed by atoms with Gasteiger partial charge < -0.3 is 19.3 Å². The molecule has 0 atom stereocenters. The summed E-state index contributed by atoms with van der Waals surface area (Å²) in [5.74, 6) is 1.18. The molecule has 1 aromatic carbocycles. The van der Waals surface area contributed by atoms with Gasteiger partial charge in [0.1, 0.15) is 22.1 Å². The fraction of sp³-hybridized carbons (Fsp3) is 0.348. The molecular weight excluding hydrogens is 480 g/mol. The monoisotopic (exact) mass is 505 g/mol. The van der Waals surface area contributed by atoms with Crippen molar-refractivity contribution in [1.29, 1.82) is 0 Å². The molecule has 0 bridgehead atoms. The first-order valence-electron chi connectivity index (χ1n) is 10.9. The van der Waals surface area contributed by atoms with Crippen LogP contribution >= 0.6 is 0 Å². The predicted molar refractivity (Wildman–Crippen MR) is 126 cm³/mol. The molecule has 186 valence electrons. The fourth-order valence-electron chi connectivity index (χ4n) is 4.05. The molecule has 0 unspecified atom stereocenters. The number of piperidine rings is 1. The Hall–Kier alpha value is -3.54. The molecule has 0 amide bonds. The van der Waals surface area contributed by atoms with Gasteiger partial charge in [0, 0.05) is 43.3 Å². The molecule has 1 aliphatic heterocycles. The van der Waals surface area contributed by atoms with E-state index in [-0.39, 0.29) is 16.7 Å². The summed E-state index contributed by atoms with van der Waals surface area (Å²) in [5, 5.41) is 0. The molecule has 0 saturated carbocycles. The summed E-state index contributed by atoms with van der Waals surface area (Å²) >= 11 is 0. The number of pyridine rings is 1. The predicted octanol–water partition coefficient (Wildman–Crippen LogP) is 3.69. The molecule has 9 nitrogen and oxygen atoms in total. The van der Waals surface area contributed by atoms with Crippen LogP contribution in [0.3, 0.4) is 0 Å². The summed E-state index contributed by atoms with van der Waals surface area (Å²) in [6.07, 6.45) is 8.56. The summed E-state index contributed by atoms with van der Waals surface area (Å²) in [5.41, 5.74) is 1.54. The largest absolute Gasteiger partial charge is 0.494 e. The minimum atomic E-state index is -3.37. The van der Waals surface area contributed by atoms with Crippen LogP contribution in [-0.2, 0) is 9.84 Å². The molecule has 2 aromatic heterocycles. The van der Waals surface area contributed by atoms with E-state index in [4.69, 9.17) is 4.74 Å². The van der Waals surface area contributed by atoms with Crippen LogP contribution in [0.25, 0.3) is 0 Å². The first-order valence-corrected chi connectivity index (χ1v) is 12.7. The van der Waals surface area contributed by atoms with Crippen molar-refractivity contribution >= 4 is 27.2 Å². The van der Waals surface area contributed by atoms with E-state index in [0.29, 0.717) is 24.8 Å². The minimum absolute atomic E-state index is 0.0431. The molecule has 0 spiro atoms. The summed E-state index contributed by atoms with van der Waals surface area (Å²) in [4.78, 5) is 16.9. The molecule has 0 radical (unpaired) electrons. The van der Waals surface area contributed by atoms with E-state index in [2.05, 4.69) is 24.6 Å².